The maximum absolute atomic E-state index is 12.3. The summed E-state index contributed by atoms with van der Waals surface area (Å²) >= 11 is 0. The number of aromatic hydroxyl groups is 1. The minimum absolute atomic E-state index is 0.0490. The quantitative estimate of drug-likeness (QED) is 0.471. The number of hydrogen-bond donors (Lipinski definition) is 2. The van der Waals surface area contributed by atoms with Gasteiger partial charge in [-0.25, -0.2) is 0 Å². The van der Waals surface area contributed by atoms with Crippen LogP contribution in [0.1, 0.15) is 23.7 Å². The zero-order valence-corrected chi connectivity index (χ0v) is 11.0. The molecule has 0 saturated heterocycles. The summed E-state index contributed by atoms with van der Waals surface area (Å²) < 4.78 is 4.55. The number of benzene rings is 1. The molecule has 6 nitrogen and oxygen atoms in total. The van der Waals surface area contributed by atoms with Crippen molar-refractivity contribution in [3.63, 3.8) is 0 Å². The lowest BCUT2D eigenvalue weighted by molar-refractivity contribution is -0.141. The number of phenolic OH excluding ortho intramolecular Hbond substituents is 1. The lowest BCUT2D eigenvalue weighted by Gasteiger charge is -2.21. The van der Waals surface area contributed by atoms with Crippen molar-refractivity contribution in [2.45, 2.75) is 13.3 Å². The van der Waals surface area contributed by atoms with E-state index in [2.05, 4.69) is 4.74 Å². The van der Waals surface area contributed by atoms with Crippen LogP contribution in [0.4, 0.5) is 5.69 Å². The second-order valence-electron chi connectivity index (χ2n) is 4.07. The van der Waals surface area contributed by atoms with Crippen molar-refractivity contribution in [2.24, 2.45) is 0 Å². The van der Waals surface area contributed by atoms with Gasteiger partial charge in [-0.3, -0.25) is 9.59 Å². The Labute approximate surface area is 111 Å². The molecule has 104 valence electrons. The average molecular weight is 266 g/mol. The summed E-state index contributed by atoms with van der Waals surface area (Å²) in [5.41, 5.74) is 6.15. The van der Waals surface area contributed by atoms with Crippen LogP contribution in [-0.2, 0) is 9.53 Å². The third kappa shape index (κ3) is 3.87. The molecule has 0 atom stereocenters. The lowest BCUT2D eigenvalue weighted by atomic mass is 10.1. The fourth-order valence-electron chi connectivity index (χ4n) is 1.64. The van der Waals surface area contributed by atoms with Gasteiger partial charge in [-0.15, -0.1) is 0 Å². The minimum atomic E-state index is -0.500. The number of hydrogen-bond acceptors (Lipinski definition) is 5. The van der Waals surface area contributed by atoms with Crippen molar-refractivity contribution in [1.29, 1.82) is 0 Å². The number of methoxy groups -OCH3 is 1. The summed E-state index contributed by atoms with van der Waals surface area (Å²) in [6.45, 7) is 2.16. The fourth-order valence-corrected chi connectivity index (χ4v) is 1.64. The molecule has 0 spiro atoms. The number of amides is 1. The van der Waals surface area contributed by atoms with Crippen molar-refractivity contribution in [3.05, 3.63) is 23.8 Å². The van der Waals surface area contributed by atoms with Crippen LogP contribution in [0.5, 0.6) is 5.75 Å². The Hall–Kier alpha value is -2.24. The van der Waals surface area contributed by atoms with Crippen LogP contribution >= 0.6 is 0 Å². The first-order valence-corrected chi connectivity index (χ1v) is 5.94. The molecule has 0 saturated carbocycles. The van der Waals surface area contributed by atoms with Gasteiger partial charge in [0.25, 0.3) is 5.91 Å². The van der Waals surface area contributed by atoms with Crippen LogP contribution in [0.25, 0.3) is 0 Å². The Morgan fingerprint density at radius 1 is 1.42 bits per heavy atom. The number of nitrogens with two attached hydrogens (primary N) is 1. The van der Waals surface area contributed by atoms with Gasteiger partial charge in [0.1, 0.15) is 12.3 Å². The van der Waals surface area contributed by atoms with E-state index in [1.54, 1.807) is 0 Å². The molecule has 0 aliphatic heterocycles. The molecular formula is C13H18N2O4. The van der Waals surface area contributed by atoms with Crippen LogP contribution < -0.4 is 5.73 Å². The maximum atomic E-state index is 12.3. The molecule has 1 aromatic carbocycles. The minimum Gasteiger partial charge on any atom is -0.508 e. The van der Waals surface area contributed by atoms with Crippen LogP contribution in [0.2, 0.25) is 0 Å². The molecule has 0 aliphatic rings. The summed E-state index contributed by atoms with van der Waals surface area (Å²) in [6, 6.07) is 4.14. The van der Waals surface area contributed by atoms with Gasteiger partial charge in [-0.1, -0.05) is 6.92 Å². The van der Waals surface area contributed by atoms with E-state index in [1.165, 1.54) is 30.2 Å². The Bertz CT molecular complexity index is 474. The number of anilines is 1. The van der Waals surface area contributed by atoms with E-state index in [-0.39, 0.29) is 23.5 Å². The zero-order valence-electron chi connectivity index (χ0n) is 11.0. The number of phenols is 1. The van der Waals surface area contributed by atoms with Crippen LogP contribution in [0, 0.1) is 0 Å². The first-order chi connectivity index (χ1) is 8.99. The van der Waals surface area contributed by atoms with Gasteiger partial charge in [0, 0.05) is 12.2 Å². The van der Waals surface area contributed by atoms with Crippen molar-refractivity contribution in [1.82, 2.24) is 4.90 Å². The number of esters is 1. The predicted molar refractivity (Wildman–Crippen MR) is 70.7 cm³/mol. The second-order valence-corrected chi connectivity index (χ2v) is 4.07. The van der Waals surface area contributed by atoms with E-state index in [4.69, 9.17) is 5.73 Å². The molecule has 0 aromatic heterocycles. The summed E-state index contributed by atoms with van der Waals surface area (Å²) in [6.07, 6.45) is 0.696. The van der Waals surface area contributed by atoms with Gasteiger partial charge in [-0.05, 0) is 24.6 Å². The highest BCUT2D eigenvalue weighted by Gasteiger charge is 2.20. The van der Waals surface area contributed by atoms with Gasteiger partial charge >= 0.3 is 5.97 Å². The van der Waals surface area contributed by atoms with E-state index in [0.29, 0.717) is 13.0 Å². The standard InChI is InChI=1S/C13H18N2O4/c1-3-6-15(8-12(17)19-2)13(18)10-7-9(16)4-5-11(10)14/h4-5,7,16H,3,6,8,14H2,1-2H3. The van der Waals surface area contributed by atoms with E-state index in [9.17, 15) is 14.7 Å². The van der Waals surface area contributed by atoms with E-state index < -0.39 is 11.9 Å². The summed E-state index contributed by atoms with van der Waals surface area (Å²) in [5, 5.41) is 9.41. The number of carbonyl (C=O) groups is 2. The maximum Gasteiger partial charge on any atom is 0.325 e. The van der Waals surface area contributed by atoms with Crippen LogP contribution in [0.3, 0.4) is 0 Å². The average Bonchev–Trinajstić information content (AvgIpc) is 2.40. The number of nitrogen functional groups attached to an aromatic ring is 1. The molecule has 0 unspecified atom stereocenters. The third-order valence-electron chi connectivity index (χ3n) is 2.60. The molecule has 19 heavy (non-hydrogen) atoms. The first kappa shape index (κ1) is 14.8. The molecule has 0 bridgehead atoms. The molecule has 6 heteroatoms. The topological polar surface area (TPSA) is 92.9 Å². The van der Waals surface area contributed by atoms with E-state index >= 15 is 0 Å². The zero-order chi connectivity index (χ0) is 14.4. The highest BCUT2D eigenvalue weighted by molar-refractivity contribution is 6.00. The molecule has 0 fully saturated rings. The monoisotopic (exact) mass is 266 g/mol. The normalized spacial score (nSPS) is 10.0. The van der Waals surface area contributed by atoms with Crippen molar-refractivity contribution >= 4 is 17.6 Å². The Kier molecular flexibility index (Phi) is 5.17. The summed E-state index contributed by atoms with van der Waals surface area (Å²) in [4.78, 5) is 24.9. The molecule has 0 aliphatic carbocycles. The number of rotatable bonds is 5. The third-order valence-corrected chi connectivity index (χ3v) is 2.60. The largest absolute Gasteiger partial charge is 0.508 e. The van der Waals surface area contributed by atoms with Crippen LogP contribution in [-0.4, -0.2) is 42.1 Å². The molecular weight excluding hydrogens is 248 g/mol. The molecule has 1 aromatic rings. The van der Waals surface area contributed by atoms with Gasteiger partial charge in [0.15, 0.2) is 0 Å². The molecule has 3 N–H and O–H groups in total. The first-order valence-electron chi connectivity index (χ1n) is 5.94. The Morgan fingerprint density at radius 2 is 2.11 bits per heavy atom. The summed E-state index contributed by atoms with van der Waals surface area (Å²) in [5.74, 6) is -0.951. The molecule has 0 heterocycles. The van der Waals surface area contributed by atoms with Crippen LogP contribution in [0.15, 0.2) is 18.2 Å². The number of ether oxygens (including phenoxy) is 1. The van der Waals surface area contributed by atoms with Gasteiger partial charge in [0.05, 0.1) is 12.7 Å². The molecule has 1 rings (SSSR count). The van der Waals surface area contributed by atoms with Gasteiger partial charge in [0.2, 0.25) is 0 Å². The van der Waals surface area contributed by atoms with E-state index in [0.717, 1.165) is 0 Å². The highest BCUT2D eigenvalue weighted by atomic mass is 16.5. The second kappa shape index (κ2) is 6.63. The van der Waals surface area contributed by atoms with Gasteiger partial charge < -0.3 is 20.5 Å². The van der Waals surface area contributed by atoms with Crippen molar-refractivity contribution in [2.75, 3.05) is 25.9 Å². The fraction of sp³-hybridized carbons (Fsp3) is 0.385. The molecule has 0 radical (unpaired) electrons. The number of nitrogens with zero attached hydrogens (tertiary/aromatic N) is 1. The van der Waals surface area contributed by atoms with Gasteiger partial charge in [-0.2, -0.15) is 0 Å². The van der Waals surface area contributed by atoms with Crippen molar-refractivity contribution < 1.29 is 19.4 Å². The smallest absolute Gasteiger partial charge is 0.325 e. The lowest BCUT2D eigenvalue weighted by Crippen LogP contribution is -2.37. The van der Waals surface area contributed by atoms with Crippen molar-refractivity contribution in [3.8, 4) is 5.75 Å². The Morgan fingerprint density at radius 3 is 2.68 bits per heavy atom. The predicted octanol–water partition coefficient (Wildman–Crippen LogP) is 1.000. The number of carbonyl (C=O) groups excluding carboxylic acids is 2. The SMILES string of the molecule is CCCN(CC(=O)OC)C(=O)c1cc(O)ccc1N. The van der Waals surface area contributed by atoms with E-state index in [1.807, 2.05) is 6.92 Å². The Balaban J connectivity index is 2.98. The summed E-state index contributed by atoms with van der Waals surface area (Å²) in [7, 11) is 1.26. The highest BCUT2D eigenvalue weighted by Crippen LogP contribution is 2.20. The molecule has 1 amide bonds.